The van der Waals surface area contributed by atoms with Crippen LogP contribution in [0.25, 0.3) is 0 Å². The van der Waals surface area contributed by atoms with E-state index < -0.39 is 6.61 Å². The molecule has 1 aromatic rings. The lowest BCUT2D eigenvalue weighted by Crippen LogP contribution is -2.26. The number of hydrogen-bond donors (Lipinski definition) is 1. The number of ether oxygens (including phenoxy) is 2. The van der Waals surface area contributed by atoms with Gasteiger partial charge in [0.25, 0.3) is 0 Å². The molecule has 3 nitrogen and oxygen atoms in total. The van der Waals surface area contributed by atoms with Crippen molar-refractivity contribution in [1.29, 1.82) is 0 Å². The topological polar surface area (TPSA) is 30.5 Å². The third kappa shape index (κ3) is 4.93. The normalized spacial score (nSPS) is 17.9. The standard InChI is InChI=1S/C16H23F2NO2/c1-2-19-14(11-12-7-9-20-10-8-12)13-5-3-4-6-15(13)21-16(17)18/h3-6,12,14,16,19H,2,7-11H2,1H3. The van der Waals surface area contributed by atoms with E-state index >= 15 is 0 Å². The smallest absolute Gasteiger partial charge is 0.387 e. The molecule has 0 amide bonds. The van der Waals surface area contributed by atoms with Gasteiger partial charge >= 0.3 is 6.61 Å². The van der Waals surface area contributed by atoms with Gasteiger partial charge in [0.05, 0.1) is 0 Å². The van der Waals surface area contributed by atoms with Crippen LogP contribution in [0.4, 0.5) is 8.78 Å². The zero-order valence-electron chi connectivity index (χ0n) is 12.4. The van der Waals surface area contributed by atoms with Crippen LogP contribution in [-0.2, 0) is 4.74 Å². The van der Waals surface area contributed by atoms with E-state index in [1.54, 1.807) is 12.1 Å². The van der Waals surface area contributed by atoms with E-state index in [1.807, 2.05) is 19.1 Å². The first kappa shape index (κ1) is 16.2. The molecule has 21 heavy (non-hydrogen) atoms. The zero-order chi connectivity index (χ0) is 15.1. The number of alkyl halides is 2. The van der Waals surface area contributed by atoms with Crippen LogP contribution < -0.4 is 10.1 Å². The summed E-state index contributed by atoms with van der Waals surface area (Å²) in [5, 5.41) is 3.39. The maximum Gasteiger partial charge on any atom is 0.387 e. The first-order chi connectivity index (χ1) is 10.2. The van der Waals surface area contributed by atoms with Crippen molar-refractivity contribution in [3.8, 4) is 5.75 Å². The average Bonchev–Trinajstić information content (AvgIpc) is 2.48. The second-order valence-electron chi connectivity index (χ2n) is 5.32. The molecule has 1 aliphatic heterocycles. The second-order valence-corrected chi connectivity index (χ2v) is 5.32. The highest BCUT2D eigenvalue weighted by Gasteiger charge is 2.23. The highest BCUT2D eigenvalue weighted by molar-refractivity contribution is 5.36. The van der Waals surface area contributed by atoms with Gasteiger partial charge in [-0.3, -0.25) is 0 Å². The molecule has 1 aromatic carbocycles. The molecule has 0 bridgehead atoms. The Morgan fingerprint density at radius 2 is 2.00 bits per heavy atom. The van der Waals surface area contributed by atoms with Crippen molar-refractivity contribution in [2.24, 2.45) is 5.92 Å². The van der Waals surface area contributed by atoms with Gasteiger partial charge in [-0.25, -0.2) is 0 Å². The summed E-state index contributed by atoms with van der Waals surface area (Å²) in [6.07, 6.45) is 2.97. The van der Waals surface area contributed by atoms with Crippen LogP contribution in [0.3, 0.4) is 0 Å². The number of para-hydroxylation sites is 1. The van der Waals surface area contributed by atoms with Crippen LogP contribution in [-0.4, -0.2) is 26.4 Å². The van der Waals surface area contributed by atoms with E-state index in [2.05, 4.69) is 10.1 Å². The molecule has 1 aliphatic rings. The van der Waals surface area contributed by atoms with Gasteiger partial charge in [-0.1, -0.05) is 25.1 Å². The summed E-state index contributed by atoms with van der Waals surface area (Å²) < 4.78 is 35.1. The Morgan fingerprint density at radius 3 is 2.67 bits per heavy atom. The summed E-state index contributed by atoms with van der Waals surface area (Å²) >= 11 is 0. The minimum absolute atomic E-state index is 0.0352. The van der Waals surface area contributed by atoms with Crippen molar-refractivity contribution in [1.82, 2.24) is 5.32 Å². The van der Waals surface area contributed by atoms with Crippen LogP contribution in [0.1, 0.15) is 37.8 Å². The molecule has 118 valence electrons. The third-order valence-corrected chi connectivity index (χ3v) is 3.87. The summed E-state index contributed by atoms with van der Waals surface area (Å²) in [6.45, 7) is 1.60. The van der Waals surface area contributed by atoms with E-state index in [4.69, 9.17) is 4.74 Å². The summed E-state index contributed by atoms with van der Waals surface area (Å²) in [5.74, 6) is 0.827. The summed E-state index contributed by atoms with van der Waals surface area (Å²) in [4.78, 5) is 0. The van der Waals surface area contributed by atoms with Gasteiger partial charge in [-0.15, -0.1) is 0 Å². The monoisotopic (exact) mass is 299 g/mol. The molecule has 1 saturated heterocycles. The van der Waals surface area contributed by atoms with Gasteiger partial charge in [0.2, 0.25) is 0 Å². The summed E-state index contributed by atoms with van der Waals surface area (Å²) in [7, 11) is 0. The van der Waals surface area contributed by atoms with Crippen molar-refractivity contribution in [3.63, 3.8) is 0 Å². The van der Waals surface area contributed by atoms with E-state index in [1.165, 1.54) is 0 Å². The number of nitrogens with one attached hydrogen (secondary N) is 1. The highest BCUT2D eigenvalue weighted by atomic mass is 19.3. The van der Waals surface area contributed by atoms with Crippen LogP contribution in [0.15, 0.2) is 24.3 Å². The average molecular weight is 299 g/mol. The first-order valence-corrected chi connectivity index (χ1v) is 7.55. The van der Waals surface area contributed by atoms with Gasteiger partial charge < -0.3 is 14.8 Å². The van der Waals surface area contributed by atoms with Crippen LogP contribution in [0.2, 0.25) is 0 Å². The van der Waals surface area contributed by atoms with Crippen molar-refractivity contribution >= 4 is 0 Å². The van der Waals surface area contributed by atoms with Gasteiger partial charge in [-0.05, 0) is 37.8 Å². The fourth-order valence-electron chi connectivity index (χ4n) is 2.85. The Kier molecular flexibility index (Phi) is 6.39. The minimum Gasteiger partial charge on any atom is -0.434 e. The molecule has 0 radical (unpaired) electrons. The Bertz CT molecular complexity index is 422. The zero-order valence-corrected chi connectivity index (χ0v) is 12.4. The predicted molar refractivity (Wildman–Crippen MR) is 77.7 cm³/mol. The fourth-order valence-corrected chi connectivity index (χ4v) is 2.85. The van der Waals surface area contributed by atoms with Crippen LogP contribution in [0, 0.1) is 5.92 Å². The van der Waals surface area contributed by atoms with E-state index in [0.29, 0.717) is 5.92 Å². The molecule has 0 saturated carbocycles. The Hall–Kier alpha value is -1.20. The molecule has 1 fully saturated rings. The number of halogens is 2. The summed E-state index contributed by atoms with van der Waals surface area (Å²) in [6, 6.07) is 7.09. The predicted octanol–water partition coefficient (Wildman–Crippen LogP) is 3.76. The minimum atomic E-state index is -2.79. The lowest BCUT2D eigenvalue weighted by molar-refractivity contribution is -0.0508. The molecule has 0 spiro atoms. The molecule has 1 heterocycles. The molecule has 0 aliphatic carbocycles. The maximum absolute atomic E-state index is 12.5. The lowest BCUT2D eigenvalue weighted by Gasteiger charge is -2.28. The molecule has 1 unspecified atom stereocenters. The van der Waals surface area contributed by atoms with Gasteiger partial charge in [0.1, 0.15) is 5.75 Å². The molecule has 2 rings (SSSR count). The van der Waals surface area contributed by atoms with E-state index in [0.717, 1.165) is 44.6 Å². The van der Waals surface area contributed by atoms with E-state index in [9.17, 15) is 8.78 Å². The molecule has 5 heteroatoms. The first-order valence-electron chi connectivity index (χ1n) is 7.55. The number of rotatable bonds is 7. The van der Waals surface area contributed by atoms with Crippen molar-refractivity contribution in [2.75, 3.05) is 19.8 Å². The Morgan fingerprint density at radius 1 is 1.29 bits per heavy atom. The van der Waals surface area contributed by atoms with Crippen molar-refractivity contribution < 1.29 is 18.3 Å². The molecular weight excluding hydrogens is 276 g/mol. The molecule has 1 atom stereocenters. The quantitative estimate of drug-likeness (QED) is 0.831. The second kappa shape index (κ2) is 8.29. The highest BCUT2D eigenvalue weighted by Crippen LogP contribution is 2.33. The molecule has 0 aromatic heterocycles. The SMILES string of the molecule is CCNC(CC1CCOCC1)c1ccccc1OC(F)F. The molecule has 1 N–H and O–H groups in total. The van der Waals surface area contributed by atoms with Crippen molar-refractivity contribution in [3.05, 3.63) is 29.8 Å². The number of hydrogen-bond acceptors (Lipinski definition) is 3. The lowest BCUT2D eigenvalue weighted by atomic mass is 9.89. The van der Waals surface area contributed by atoms with E-state index in [-0.39, 0.29) is 11.8 Å². The maximum atomic E-state index is 12.5. The molecular formula is C16H23F2NO2. The fraction of sp³-hybridized carbons (Fsp3) is 0.625. The largest absolute Gasteiger partial charge is 0.434 e. The van der Waals surface area contributed by atoms with Crippen molar-refractivity contribution in [2.45, 2.75) is 38.8 Å². The van der Waals surface area contributed by atoms with Gasteiger partial charge in [0, 0.05) is 24.8 Å². The Labute approximate surface area is 124 Å². The van der Waals surface area contributed by atoms with Crippen LogP contribution >= 0.6 is 0 Å². The van der Waals surface area contributed by atoms with Gasteiger partial charge in [-0.2, -0.15) is 8.78 Å². The summed E-state index contributed by atoms with van der Waals surface area (Å²) in [5.41, 5.74) is 0.811. The van der Waals surface area contributed by atoms with Gasteiger partial charge in [0.15, 0.2) is 0 Å². The van der Waals surface area contributed by atoms with Crippen LogP contribution in [0.5, 0.6) is 5.75 Å². The Balaban J connectivity index is 2.12. The number of benzene rings is 1. The third-order valence-electron chi connectivity index (χ3n) is 3.87.